The fraction of sp³-hybridized carbons (Fsp3) is 0.529. The molecule has 0 aliphatic heterocycles. The first-order valence-corrected chi connectivity index (χ1v) is 7.63. The molecule has 1 aromatic rings. The van der Waals surface area contributed by atoms with Crippen LogP contribution in [-0.2, 0) is 14.3 Å². The molecule has 1 fully saturated rings. The van der Waals surface area contributed by atoms with E-state index in [1.807, 2.05) is 37.3 Å². The molecular formula is C17H23NO3. The van der Waals surface area contributed by atoms with Crippen molar-refractivity contribution in [2.75, 3.05) is 0 Å². The van der Waals surface area contributed by atoms with Gasteiger partial charge < -0.3 is 10.1 Å². The number of amides is 1. The van der Waals surface area contributed by atoms with Gasteiger partial charge in [0.15, 0.2) is 6.10 Å². The molecule has 1 aliphatic carbocycles. The van der Waals surface area contributed by atoms with Crippen molar-refractivity contribution in [3.8, 4) is 0 Å². The van der Waals surface area contributed by atoms with Gasteiger partial charge in [0.2, 0.25) is 0 Å². The van der Waals surface area contributed by atoms with Crippen molar-refractivity contribution in [2.24, 2.45) is 5.92 Å². The fourth-order valence-corrected chi connectivity index (χ4v) is 2.64. The van der Waals surface area contributed by atoms with Crippen LogP contribution in [0, 0.1) is 5.92 Å². The van der Waals surface area contributed by atoms with E-state index in [1.165, 1.54) is 0 Å². The van der Waals surface area contributed by atoms with Gasteiger partial charge in [0.25, 0.3) is 5.91 Å². The number of carbonyl (C=O) groups excluding carboxylic acids is 2. The number of benzene rings is 1. The van der Waals surface area contributed by atoms with Crippen LogP contribution >= 0.6 is 0 Å². The Hall–Kier alpha value is -1.84. The van der Waals surface area contributed by atoms with Gasteiger partial charge in [-0.3, -0.25) is 9.59 Å². The molecule has 1 saturated carbocycles. The van der Waals surface area contributed by atoms with Gasteiger partial charge in [0, 0.05) is 0 Å². The lowest BCUT2D eigenvalue weighted by atomic mass is 10.1. The molecule has 21 heavy (non-hydrogen) atoms. The van der Waals surface area contributed by atoms with Crippen LogP contribution in [0.15, 0.2) is 30.3 Å². The molecule has 4 nitrogen and oxygen atoms in total. The van der Waals surface area contributed by atoms with E-state index in [4.69, 9.17) is 4.74 Å². The van der Waals surface area contributed by atoms with E-state index in [2.05, 4.69) is 5.32 Å². The molecule has 0 bridgehead atoms. The smallest absolute Gasteiger partial charge is 0.309 e. The summed E-state index contributed by atoms with van der Waals surface area (Å²) < 4.78 is 5.28. The van der Waals surface area contributed by atoms with E-state index in [0.717, 1.165) is 31.2 Å². The number of ether oxygens (including phenoxy) is 1. The monoisotopic (exact) mass is 289 g/mol. The zero-order chi connectivity index (χ0) is 15.2. The summed E-state index contributed by atoms with van der Waals surface area (Å²) in [5.41, 5.74) is 1.03. The minimum Gasteiger partial charge on any atom is -0.452 e. The predicted molar refractivity (Wildman–Crippen MR) is 80.5 cm³/mol. The number of esters is 1. The van der Waals surface area contributed by atoms with Crippen molar-refractivity contribution in [3.63, 3.8) is 0 Å². The van der Waals surface area contributed by atoms with E-state index in [-0.39, 0.29) is 23.8 Å². The second kappa shape index (κ2) is 7.25. The first-order valence-electron chi connectivity index (χ1n) is 7.63. The Morgan fingerprint density at radius 3 is 2.38 bits per heavy atom. The molecule has 0 saturated heterocycles. The molecule has 1 aromatic carbocycles. The number of carbonyl (C=O) groups is 2. The Morgan fingerprint density at radius 2 is 1.76 bits per heavy atom. The van der Waals surface area contributed by atoms with E-state index in [9.17, 15) is 9.59 Å². The van der Waals surface area contributed by atoms with Crippen molar-refractivity contribution in [3.05, 3.63) is 35.9 Å². The largest absolute Gasteiger partial charge is 0.452 e. The van der Waals surface area contributed by atoms with E-state index < -0.39 is 6.10 Å². The Kier molecular flexibility index (Phi) is 5.37. The summed E-state index contributed by atoms with van der Waals surface area (Å²) in [5, 5.41) is 2.88. The third-order valence-electron chi connectivity index (χ3n) is 4.01. The van der Waals surface area contributed by atoms with E-state index in [1.54, 1.807) is 6.92 Å². The molecule has 2 rings (SSSR count). The van der Waals surface area contributed by atoms with Gasteiger partial charge in [-0.1, -0.05) is 43.2 Å². The average molecular weight is 289 g/mol. The molecule has 1 aliphatic rings. The lowest BCUT2D eigenvalue weighted by Gasteiger charge is -2.19. The molecule has 2 atom stereocenters. The van der Waals surface area contributed by atoms with E-state index >= 15 is 0 Å². The van der Waals surface area contributed by atoms with Gasteiger partial charge in [-0.2, -0.15) is 0 Å². The van der Waals surface area contributed by atoms with Crippen LogP contribution in [0.25, 0.3) is 0 Å². The minimum absolute atomic E-state index is 0.0215. The van der Waals surface area contributed by atoms with Gasteiger partial charge in [-0.15, -0.1) is 0 Å². The molecule has 4 heteroatoms. The first-order chi connectivity index (χ1) is 10.1. The predicted octanol–water partition coefficient (Wildman–Crippen LogP) is 2.99. The van der Waals surface area contributed by atoms with Crippen LogP contribution in [0.2, 0.25) is 0 Å². The fourth-order valence-electron chi connectivity index (χ4n) is 2.64. The summed E-state index contributed by atoms with van der Waals surface area (Å²) in [6.45, 7) is 3.54. The molecule has 0 radical (unpaired) electrons. The maximum atomic E-state index is 12.1. The lowest BCUT2D eigenvalue weighted by molar-refractivity contribution is -0.158. The van der Waals surface area contributed by atoms with Crippen LogP contribution in [-0.4, -0.2) is 18.0 Å². The second-order valence-corrected chi connectivity index (χ2v) is 5.70. The lowest BCUT2D eigenvalue weighted by Crippen LogP contribution is -2.38. The molecule has 0 aromatic heterocycles. The topological polar surface area (TPSA) is 55.4 Å². The summed E-state index contributed by atoms with van der Waals surface area (Å²) in [6, 6.07) is 9.61. The Bertz CT molecular complexity index is 480. The summed E-state index contributed by atoms with van der Waals surface area (Å²) in [6.07, 6.45) is 3.17. The number of rotatable bonds is 5. The highest BCUT2D eigenvalue weighted by atomic mass is 16.5. The van der Waals surface area contributed by atoms with Crippen LogP contribution in [0.5, 0.6) is 0 Å². The Balaban J connectivity index is 1.83. The molecule has 1 N–H and O–H groups in total. The zero-order valence-corrected chi connectivity index (χ0v) is 12.7. The Morgan fingerprint density at radius 1 is 1.14 bits per heavy atom. The molecule has 114 valence electrons. The second-order valence-electron chi connectivity index (χ2n) is 5.70. The number of hydrogen-bond donors (Lipinski definition) is 1. The van der Waals surface area contributed by atoms with Gasteiger partial charge in [0.05, 0.1) is 12.0 Å². The van der Waals surface area contributed by atoms with Crippen molar-refractivity contribution in [2.45, 2.75) is 51.7 Å². The Labute approximate surface area is 125 Å². The summed E-state index contributed by atoms with van der Waals surface area (Å²) in [4.78, 5) is 24.0. The first kappa shape index (κ1) is 15.5. The van der Waals surface area contributed by atoms with Crippen molar-refractivity contribution in [1.82, 2.24) is 5.32 Å². The number of hydrogen-bond acceptors (Lipinski definition) is 3. The van der Waals surface area contributed by atoms with Crippen LogP contribution in [0.4, 0.5) is 0 Å². The normalized spacial score (nSPS) is 18.0. The molecule has 1 amide bonds. The maximum Gasteiger partial charge on any atom is 0.309 e. The van der Waals surface area contributed by atoms with Gasteiger partial charge in [0.1, 0.15) is 0 Å². The van der Waals surface area contributed by atoms with Crippen molar-refractivity contribution >= 4 is 11.9 Å². The highest BCUT2D eigenvalue weighted by molar-refractivity contribution is 5.84. The van der Waals surface area contributed by atoms with E-state index in [0.29, 0.717) is 0 Å². The van der Waals surface area contributed by atoms with Crippen molar-refractivity contribution in [1.29, 1.82) is 0 Å². The number of nitrogens with one attached hydrogen (secondary N) is 1. The third-order valence-corrected chi connectivity index (χ3v) is 4.01. The maximum absolute atomic E-state index is 12.1. The molecule has 0 spiro atoms. The summed E-state index contributed by atoms with van der Waals surface area (Å²) >= 11 is 0. The summed E-state index contributed by atoms with van der Waals surface area (Å²) in [5.74, 6) is -0.507. The highest BCUT2D eigenvalue weighted by Crippen LogP contribution is 2.26. The highest BCUT2D eigenvalue weighted by Gasteiger charge is 2.27. The minimum atomic E-state index is -0.746. The standard InChI is InChI=1S/C17H23NO3/c1-12(14-8-4-3-5-9-14)18-16(19)13(2)21-17(20)15-10-6-7-11-15/h3-5,8-9,12-13,15H,6-7,10-11H2,1-2H3,(H,18,19)/t12-,13+/m1/s1. The van der Waals surface area contributed by atoms with Crippen molar-refractivity contribution < 1.29 is 14.3 Å². The molecule has 0 unspecified atom stereocenters. The van der Waals surface area contributed by atoms with Gasteiger partial charge in [-0.05, 0) is 32.3 Å². The SMILES string of the molecule is C[C@H](OC(=O)C1CCCC1)C(=O)N[C@H](C)c1ccccc1. The van der Waals surface area contributed by atoms with Crippen LogP contribution in [0.1, 0.15) is 51.1 Å². The zero-order valence-electron chi connectivity index (χ0n) is 12.7. The molecule has 0 heterocycles. The average Bonchev–Trinajstić information content (AvgIpc) is 3.02. The molecular weight excluding hydrogens is 266 g/mol. The van der Waals surface area contributed by atoms with Crippen LogP contribution < -0.4 is 5.32 Å². The van der Waals surface area contributed by atoms with Gasteiger partial charge in [-0.25, -0.2) is 0 Å². The third kappa shape index (κ3) is 4.31. The van der Waals surface area contributed by atoms with Gasteiger partial charge >= 0.3 is 5.97 Å². The summed E-state index contributed by atoms with van der Waals surface area (Å²) in [7, 11) is 0. The quantitative estimate of drug-likeness (QED) is 0.848. The van der Waals surface area contributed by atoms with Crippen LogP contribution in [0.3, 0.4) is 0 Å².